The minimum Gasteiger partial charge on any atom is -0.391 e. The van der Waals surface area contributed by atoms with Gasteiger partial charge in [0.05, 0.1) is 31.3 Å². The predicted octanol–water partition coefficient (Wildman–Crippen LogP) is 0.998. The van der Waals surface area contributed by atoms with E-state index >= 15 is 14.4 Å². The van der Waals surface area contributed by atoms with Gasteiger partial charge in [-0.3, -0.25) is 82.3 Å². The van der Waals surface area contributed by atoms with Gasteiger partial charge in [-0.15, -0.1) is 0 Å². The molecule has 4 heterocycles. The molecule has 123 heavy (non-hydrogen) atoms. The molecule has 23 N–H and O–H groups in total. The molecule has 3 aliphatic rings. The summed E-state index contributed by atoms with van der Waals surface area (Å²) in [7, 11) is 0. The molecule has 14 amide bonds. The van der Waals surface area contributed by atoms with Crippen molar-refractivity contribution in [3.05, 3.63) is 83.7 Å². The molecule has 6 rings (SSSR count). The van der Waals surface area contributed by atoms with Gasteiger partial charge in [-0.1, -0.05) is 171 Å². The van der Waals surface area contributed by atoms with E-state index in [9.17, 15) is 72.9 Å². The first-order valence-electron chi connectivity index (χ1n) is 43.5. The van der Waals surface area contributed by atoms with Crippen LogP contribution in [0.4, 0.5) is 0 Å². The van der Waals surface area contributed by atoms with E-state index in [2.05, 4.69) is 80.7 Å². The number of carbonyl (C=O) groups is 15. The monoisotopic (exact) mass is 1720 g/mol. The second-order valence-corrected chi connectivity index (χ2v) is 32.2. The lowest BCUT2D eigenvalue weighted by atomic mass is 9.99. The molecule has 37 heteroatoms. The van der Waals surface area contributed by atoms with Gasteiger partial charge in [-0.25, -0.2) is 0 Å². The highest BCUT2D eigenvalue weighted by atomic mass is 16.3. The lowest BCUT2D eigenvalue weighted by Gasteiger charge is -2.31. The van der Waals surface area contributed by atoms with Crippen molar-refractivity contribution < 1.29 is 87.2 Å². The molecule has 1 aromatic heterocycles. The number of aliphatic hydroxyl groups excluding tert-OH is 3. The Morgan fingerprint density at radius 1 is 0.593 bits per heavy atom. The van der Waals surface area contributed by atoms with Crippen LogP contribution in [0.1, 0.15) is 231 Å². The van der Waals surface area contributed by atoms with Gasteiger partial charge in [-0.05, 0) is 76.0 Å². The molecule has 3 aliphatic heterocycles. The molecule has 14 atom stereocenters. The number of primary amides is 2. The number of amides is 14. The van der Waals surface area contributed by atoms with Crippen LogP contribution in [0.3, 0.4) is 0 Å². The number of aromatic nitrogens is 1. The zero-order chi connectivity index (χ0) is 89.9. The van der Waals surface area contributed by atoms with Gasteiger partial charge in [-0.2, -0.15) is 0 Å². The number of Topliss-reactive ketones (excluding diaryl/α,β-unsaturated/α-hetero) is 1. The van der Waals surface area contributed by atoms with Crippen LogP contribution in [0.25, 0.3) is 10.9 Å². The van der Waals surface area contributed by atoms with E-state index in [4.69, 9.17) is 22.6 Å². The molecule has 2 aromatic carbocycles. The van der Waals surface area contributed by atoms with Crippen LogP contribution in [0.5, 0.6) is 0 Å². The number of hydrogen-bond donors (Lipinski definition) is 20. The lowest BCUT2D eigenvalue weighted by Crippen LogP contribution is -2.62. The summed E-state index contributed by atoms with van der Waals surface area (Å²) in [6, 6.07) is -2.02. The van der Waals surface area contributed by atoms with Gasteiger partial charge >= 0.3 is 0 Å². The molecule has 0 radical (unpaired) electrons. The summed E-state index contributed by atoms with van der Waals surface area (Å²) in [6.07, 6.45) is 13.5. The van der Waals surface area contributed by atoms with Crippen LogP contribution >= 0.6 is 0 Å². The summed E-state index contributed by atoms with van der Waals surface area (Å²) in [5, 5.41) is 72.7. The molecule has 1 unspecified atom stereocenters. The minimum absolute atomic E-state index is 0.00335. The molecule has 2 saturated heterocycles. The molecule has 0 spiro atoms. The molecular weight excluding hydrogens is 1590 g/mol. The number of carbonyl (C=O) groups excluding carboxylic acids is 15. The first-order valence-corrected chi connectivity index (χ1v) is 43.5. The Bertz CT molecular complexity index is 4100. The number of aliphatic hydroxyl groups is 3. The van der Waals surface area contributed by atoms with Crippen LogP contribution in [0.15, 0.2) is 77.6 Å². The molecule has 0 bridgehead atoms. The number of nitrogens with two attached hydrogens (primary N) is 3. The van der Waals surface area contributed by atoms with Crippen molar-refractivity contribution in [3.63, 3.8) is 0 Å². The summed E-state index contributed by atoms with van der Waals surface area (Å²) >= 11 is 0. The molecule has 37 nitrogen and oxygen atoms in total. The largest absolute Gasteiger partial charge is 0.391 e. The Morgan fingerprint density at radius 3 is 1.81 bits per heavy atom. The molecule has 0 saturated carbocycles. The fourth-order valence-corrected chi connectivity index (χ4v) is 15.0. The average molecular weight is 1720 g/mol. The zero-order valence-electron chi connectivity index (χ0n) is 71.4. The maximum atomic E-state index is 15.4. The van der Waals surface area contributed by atoms with Crippen LogP contribution in [-0.4, -0.2) is 230 Å². The van der Waals surface area contributed by atoms with E-state index in [1.54, 1.807) is 55.6 Å². The third-order valence-corrected chi connectivity index (χ3v) is 21.9. The van der Waals surface area contributed by atoms with Crippen molar-refractivity contribution in [1.29, 1.82) is 5.41 Å². The number of hydrogen-bond acceptors (Lipinski definition) is 20. The standard InChI is InChI=1S/C86H131N19O18/c1-5-7-9-10-11-12-13-14-15-16-17-18-25-39-71(111)94-50-72(112)103-73(52(3)106)83(121)102-68(48-70(87)110)80(118)100-67(46-56-32-28-42-91-56)81(119)104-74(53(4)107)84(122)97-62(35-8-6-2)76(114)98-64-41-40-57(108)33-23-20-24-37-61(75(88)113)95-79(117)66(45-55-49-93-60-36-27-26-34-59(55)60)99-77(115)63(38-29-43-92-86(89)90)96-78(116)65(44-54-30-21-19-22-31-54)101-82(120)69-47-58(109)51-105(69)85(64)123/h19,21-22,26-27,30-32,34,36,42,49,52-53,58,61-69,73-74,93,106-107,109H,5-18,20,23-25,28-29,33,35,37-41,43-48,50-51H2,1-4H3,(H2,87,110)(H2,88,113)(H,94,111)(H,95,117)(H,96,116)(H,97,122)(H,98,114)(H,99,115)(H,100,118)(H,101,120)(H,102,121)(H,103,112)(H,104,119)(H4,89,90,92)/t52-,53+,58-,61+,62+,63+,64+,65-,66+,67+,68+,69+,73+,74?/m1/s1. The lowest BCUT2D eigenvalue weighted by molar-refractivity contribution is -0.143. The summed E-state index contributed by atoms with van der Waals surface area (Å²) in [4.78, 5) is 221. The Kier molecular flexibility index (Phi) is 43.9. The van der Waals surface area contributed by atoms with E-state index < -0.39 is 206 Å². The van der Waals surface area contributed by atoms with Gasteiger partial charge in [0.1, 0.15) is 72.2 Å². The summed E-state index contributed by atoms with van der Waals surface area (Å²) in [6.45, 7) is 5.28. The minimum atomic E-state index is -1.92. The summed E-state index contributed by atoms with van der Waals surface area (Å²) < 4.78 is 0. The van der Waals surface area contributed by atoms with Crippen molar-refractivity contribution in [2.45, 2.75) is 318 Å². The average Bonchev–Trinajstić information content (AvgIpc) is 1.70. The first-order chi connectivity index (χ1) is 58.8. The SMILES string of the molecule is CCCCCCCCCCCCCCCC(=O)NCC(=O)N[C@H](C(=O)N[C@@H](CC(N)=O)C(=O)N[C@@H](CC1=CCC=N1)C(=O)NC(C(=O)N[C@@H](CCCC)C(=O)N[C@H]1CCC(=O)CCCCC[C@@H](C(N)=O)NC(=O)[C@H](Cc2c[nH]c3ccccc23)NC(=O)[C@H](CCCNC(=N)N)NC(=O)[C@@H](Cc2ccccc2)NC(=O)[C@@H]2C[C@@H](O)CN2C1=O)[C@H](C)O)[C@@H](C)O. The van der Waals surface area contributed by atoms with Gasteiger partial charge < -0.3 is 106 Å². The molecular formula is C86H131N19O18. The van der Waals surface area contributed by atoms with Crippen molar-refractivity contribution in [3.8, 4) is 0 Å². The number of nitrogens with one attached hydrogen (secondary N) is 14. The van der Waals surface area contributed by atoms with Crippen molar-refractivity contribution in [2.75, 3.05) is 19.6 Å². The number of ketones is 1. The number of nitrogens with zero attached hydrogens (tertiary/aromatic N) is 2. The predicted molar refractivity (Wildman–Crippen MR) is 459 cm³/mol. The van der Waals surface area contributed by atoms with Gasteiger partial charge in [0, 0.05) is 93.5 Å². The summed E-state index contributed by atoms with van der Waals surface area (Å²) in [5.74, 6) is -14.2. The Labute approximate surface area is 718 Å². The molecule has 3 aromatic rings. The van der Waals surface area contributed by atoms with E-state index in [0.29, 0.717) is 36.8 Å². The Hall–Kier alpha value is -11.2. The van der Waals surface area contributed by atoms with E-state index in [1.807, 2.05) is 18.2 Å². The third-order valence-electron chi connectivity index (χ3n) is 21.9. The maximum absolute atomic E-state index is 15.4. The number of fused-ring (bicyclic) bond motifs is 2. The second kappa shape index (κ2) is 53.6. The highest BCUT2D eigenvalue weighted by molar-refractivity contribution is 6.01. The quantitative estimate of drug-likeness (QED) is 0.0213. The number of allylic oxidation sites excluding steroid dienone is 1. The van der Waals surface area contributed by atoms with Crippen LogP contribution < -0.4 is 81.0 Å². The number of rotatable bonds is 45. The van der Waals surface area contributed by atoms with E-state index in [0.717, 1.165) is 48.4 Å². The Balaban J connectivity index is 1.20. The summed E-state index contributed by atoms with van der Waals surface area (Å²) in [5.41, 5.74) is 19.2. The Morgan fingerprint density at radius 2 is 1.18 bits per heavy atom. The van der Waals surface area contributed by atoms with Crippen LogP contribution in [0, 0.1) is 5.41 Å². The fourth-order valence-electron chi connectivity index (χ4n) is 15.0. The fraction of sp³-hybridized carbons (Fsp3) is 0.616. The van der Waals surface area contributed by atoms with Gasteiger partial charge in [0.2, 0.25) is 82.7 Å². The number of aliphatic imine (C=N–C) groups is 1. The number of para-hydroxylation sites is 1. The first kappa shape index (κ1) is 101. The van der Waals surface area contributed by atoms with Gasteiger partial charge in [0.15, 0.2) is 5.96 Å². The molecule has 678 valence electrons. The third kappa shape index (κ3) is 35.6. The van der Waals surface area contributed by atoms with E-state index in [1.165, 1.54) is 64.5 Å². The van der Waals surface area contributed by atoms with Crippen molar-refractivity contribution in [1.82, 2.24) is 73.7 Å². The maximum Gasteiger partial charge on any atom is 0.245 e. The van der Waals surface area contributed by atoms with Crippen molar-refractivity contribution in [2.24, 2.45) is 22.2 Å². The normalized spacial score (nSPS) is 20.6. The van der Waals surface area contributed by atoms with Crippen LogP contribution in [-0.2, 0) is 84.8 Å². The van der Waals surface area contributed by atoms with Gasteiger partial charge in [0.25, 0.3) is 0 Å². The highest BCUT2D eigenvalue weighted by Crippen LogP contribution is 2.25. The highest BCUT2D eigenvalue weighted by Gasteiger charge is 2.45. The number of benzene rings is 2. The molecule has 0 aliphatic carbocycles. The number of guanidine groups is 1. The zero-order valence-corrected chi connectivity index (χ0v) is 71.4. The second-order valence-electron chi connectivity index (χ2n) is 32.2. The number of aromatic amines is 1. The van der Waals surface area contributed by atoms with E-state index in [-0.39, 0.29) is 102 Å². The number of unbranched alkanes of at least 4 members (excludes halogenated alkanes) is 13. The van der Waals surface area contributed by atoms with Crippen molar-refractivity contribution >= 4 is 112 Å². The smallest absolute Gasteiger partial charge is 0.245 e. The van der Waals surface area contributed by atoms with Crippen LogP contribution in [0.2, 0.25) is 0 Å². The topological polar surface area (TPSA) is 594 Å². The number of H-pyrrole nitrogens is 1. The molecule has 2 fully saturated rings.